The van der Waals surface area contributed by atoms with E-state index >= 15 is 0 Å². The van der Waals surface area contributed by atoms with Crippen LogP contribution in [0.4, 0.5) is 0 Å². The molecule has 0 bridgehead atoms. The van der Waals surface area contributed by atoms with E-state index < -0.39 is 53.2 Å². The van der Waals surface area contributed by atoms with Gasteiger partial charge >= 0.3 is 5.97 Å². The third-order valence-corrected chi connectivity index (χ3v) is 8.84. The molecule has 10 heteroatoms. The lowest BCUT2D eigenvalue weighted by atomic mass is 9.73. The summed E-state index contributed by atoms with van der Waals surface area (Å²) in [5.41, 5.74) is 0.282. The van der Waals surface area contributed by atoms with E-state index in [1.165, 1.54) is 20.8 Å². The Balaban J connectivity index is 1.91. The normalized spacial score (nSPS) is 23.8. The van der Waals surface area contributed by atoms with Crippen LogP contribution in [0.5, 0.6) is 0 Å². The van der Waals surface area contributed by atoms with Crippen LogP contribution in [0.25, 0.3) is 6.08 Å². The van der Waals surface area contributed by atoms with E-state index in [4.69, 9.17) is 9.84 Å². The Hall–Kier alpha value is -1.98. The summed E-state index contributed by atoms with van der Waals surface area (Å²) in [6.07, 6.45) is 0.298. The predicted octanol–water partition coefficient (Wildman–Crippen LogP) is 3.40. The highest BCUT2D eigenvalue weighted by Crippen LogP contribution is 2.44. The molecule has 2 heterocycles. The number of carbonyl (C=O) groups is 3. The van der Waals surface area contributed by atoms with E-state index in [2.05, 4.69) is 23.3 Å². The van der Waals surface area contributed by atoms with Crippen LogP contribution in [-0.4, -0.2) is 74.8 Å². The molecule has 0 aromatic carbocycles. The second-order valence-electron chi connectivity index (χ2n) is 11.4. The van der Waals surface area contributed by atoms with Crippen LogP contribution in [0.2, 0.25) is 0 Å². The lowest BCUT2D eigenvalue weighted by molar-refractivity contribution is -0.147. The summed E-state index contributed by atoms with van der Waals surface area (Å²) in [7, 11) is 1.91. The first-order valence-corrected chi connectivity index (χ1v) is 14.0. The molecule has 0 radical (unpaired) electrons. The van der Waals surface area contributed by atoms with Gasteiger partial charge in [0.25, 0.3) is 0 Å². The first-order chi connectivity index (χ1) is 17.5. The topological polar surface area (TPSA) is 149 Å². The van der Waals surface area contributed by atoms with E-state index in [0.717, 1.165) is 22.7 Å². The van der Waals surface area contributed by atoms with Crippen molar-refractivity contribution >= 4 is 34.9 Å². The standard InChI is InChI=1S/C28H44N2O7S/c1-15(11-19-14-38-18(4)30-19)20(29-8)12-23-28(7,37-23)10-9-21(31)16(2)25(35)17(3)26(36)27(5,6)22(32)13-24(33)34/h11,14,16-17,20,22-23,25,29,32,35H,9-10,12-13H2,1-8H3,(H,33,34)/t16-,17+,20-,22-,23-,25-,28+/m0/s1. The second kappa shape index (κ2) is 12.9. The highest BCUT2D eigenvalue weighted by molar-refractivity contribution is 7.09. The van der Waals surface area contributed by atoms with Crippen LogP contribution in [0.1, 0.15) is 77.9 Å². The number of nitrogens with one attached hydrogen (secondary N) is 1. The molecule has 1 saturated heterocycles. The molecular weight excluding hydrogens is 508 g/mol. The zero-order valence-electron chi connectivity index (χ0n) is 23.8. The molecule has 38 heavy (non-hydrogen) atoms. The number of hydrogen-bond donors (Lipinski definition) is 4. The van der Waals surface area contributed by atoms with E-state index in [9.17, 15) is 24.6 Å². The van der Waals surface area contributed by atoms with Gasteiger partial charge in [-0.2, -0.15) is 0 Å². The van der Waals surface area contributed by atoms with Gasteiger partial charge in [0.2, 0.25) is 0 Å². The molecule has 1 aliphatic rings. The molecule has 1 fully saturated rings. The van der Waals surface area contributed by atoms with Gasteiger partial charge in [-0.3, -0.25) is 14.4 Å². The monoisotopic (exact) mass is 552 g/mol. The number of Topliss-reactive ketones (excluding diaryl/α,β-unsaturated/α-hetero) is 2. The number of carboxylic acids is 1. The Labute approximate surface area is 229 Å². The number of aromatic nitrogens is 1. The van der Waals surface area contributed by atoms with E-state index in [0.29, 0.717) is 6.42 Å². The third kappa shape index (κ3) is 8.02. The molecule has 0 saturated carbocycles. The van der Waals surface area contributed by atoms with Crippen molar-refractivity contribution in [3.8, 4) is 0 Å². The highest BCUT2D eigenvalue weighted by Gasteiger charge is 2.52. The van der Waals surface area contributed by atoms with Crippen molar-refractivity contribution in [3.63, 3.8) is 0 Å². The number of hydrogen-bond acceptors (Lipinski definition) is 9. The summed E-state index contributed by atoms with van der Waals surface area (Å²) >= 11 is 1.61. The molecule has 1 aromatic heterocycles. The number of epoxide rings is 1. The number of aryl methyl sites for hydroxylation is 1. The van der Waals surface area contributed by atoms with E-state index in [1.807, 2.05) is 26.3 Å². The van der Waals surface area contributed by atoms with Crippen molar-refractivity contribution in [1.29, 1.82) is 0 Å². The van der Waals surface area contributed by atoms with Gasteiger partial charge in [0.15, 0.2) is 0 Å². The number of thiazole rings is 1. The number of rotatable bonds is 16. The zero-order valence-corrected chi connectivity index (χ0v) is 24.6. The van der Waals surface area contributed by atoms with Crippen molar-refractivity contribution in [2.24, 2.45) is 17.3 Å². The molecule has 4 N–H and O–H groups in total. The number of likely N-dealkylation sites (N-methyl/N-ethyl adjacent to an activating group) is 1. The van der Waals surface area contributed by atoms with E-state index in [-0.39, 0.29) is 24.3 Å². The fourth-order valence-electron chi connectivity index (χ4n) is 4.88. The summed E-state index contributed by atoms with van der Waals surface area (Å²) in [6.45, 7) is 12.0. The van der Waals surface area contributed by atoms with Gasteiger partial charge in [-0.25, -0.2) is 4.98 Å². The Bertz CT molecular complexity index is 1040. The summed E-state index contributed by atoms with van der Waals surface area (Å²) in [5, 5.41) is 36.3. The van der Waals surface area contributed by atoms with Crippen molar-refractivity contribution in [2.75, 3.05) is 7.05 Å². The van der Waals surface area contributed by atoms with Gasteiger partial charge < -0.3 is 25.4 Å². The number of nitrogens with zero attached hydrogens (tertiary/aromatic N) is 1. The average molecular weight is 553 g/mol. The molecule has 0 aliphatic carbocycles. The fraction of sp³-hybridized carbons (Fsp3) is 0.714. The lowest BCUT2D eigenvalue weighted by Crippen LogP contribution is -2.46. The molecule has 9 nitrogen and oxygen atoms in total. The number of aliphatic hydroxyl groups excluding tert-OH is 2. The van der Waals surface area contributed by atoms with Gasteiger partial charge in [0, 0.05) is 29.7 Å². The largest absolute Gasteiger partial charge is 0.481 e. The summed E-state index contributed by atoms with van der Waals surface area (Å²) in [6, 6.07) is 0.104. The van der Waals surface area contributed by atoms with Crippen LogP contribution >= 0.6 is 11.3 Å². The van der Waals surface area contributed by atoms with Crippen LogP contribution in [0.15, 0.2) is 11.0 Å². The quantitative estimate of drug-likeness (QED) is 0.226. The summed E-state index contributed by atoms with van der Waals surface area (Å²) < 4.78 is 5.99. The van der Waals surface area contributed by atoms with Gasteiger partial charge in [0.05, 0.1) is 46.5 Å². The van der Waals surface area contributed by atoms with Crippen LogP contribution < -0.4 is 5.32 Å². The van der Waals surface area contributed by atoms with Gasteiger partial charge in [0.1, 0.15) is 11.6 Å². The molecule has 1 aliphatic heterocycles. The maximum absolute atomic E-state index is 13.0. The number of carboxylic acid groups (broad SMARTS) is 1. The minimum absolute atomic E-state index is 0.00877. The third-order valence-electron chi connectivity index (χ3n) is 8.05. The van der Waals surface area contributed by atoms with Crippen LogP contribution in [0.3, 0.4) is 0 Å². The van der Waals surface area contributed by atoms with Crippen molar-refractivity contribution in [2.45, 2.75) is 104 Å². The van der Waals surface area contributed by atoms with Gasteiger partial charge in [-0.15, -0.1) is 11.3 Å². The lowest BCUT2D eigenvalue weighted by Gasteiger charge is -2.33. The Morgan fingerprint density at radius 1 is 1.26 bits per heavy atom. The highest BCUT2D eigenvalue weighted by atomic mass is 32.1. The van der Waals surface area contributed by atoms with Crippen molar-refractivity contribution in [3.05, 3.63) is 21.7 Å². The average Bonchev–Trinajstić information content (AvgIpc) is 3.31. The molecule has 0 amide bonds. The molecule has 1 aromatic rings. The number of ether oxygens (including phenoxy) is 1. The SMILES string of the molecule is CN[C@@H](C[C@@H]1O[C@]1(C)CCC(=O)[C@H](C)[C@H](O)[C@@H](C)C(=O)C(C)(C)[C@@H](O)CC(=O)O)C(C)=Cc1csc(C)n1. The first kappa shape index (κ1) is 32.2. The van der Waals surface area contributed by atoms with Crippen LogP contribution in [-0.2, 0) is 19.1 Å². The minimum Gasteiger partial charge on any atom is -0.481 e. The smallest absolute Gasteiger partial charge is 0.306 e. The number of aliphatic carboxylic acids is 1. The maximum Gasteiger partial charge on any atom is 0.306 e. The number of carbonyl (C=O) groups excluding carboxylic acids is 2. The Kier molecular flexibility index (Phi) is 11.0. The molecule has 7 atom stereocenters. The molecular formula is C28H44N2O7S. The van der Waals surface area contributed by atoms with Crippen molar-refractivity contribution < 1.29 is 34.4 Å². The Morgan fingerprint density at radius 2 is 1.89 bits per heavy atom. The molecule has 214 valence electrons. The Morgan fingerprint density at radius 3 is 2.42 bits per heavy atom. The maximum atomic E-state index is 13.0. The zero-order chi connectivity index (χ0) is 29.0. The predicted molar refractivity (Wildman–Crippen MR) is 147 cm³/mol. The van der Waals surface area contributed by atoms with Crippen molar-refractivity contribution in [1.82, 2.24) is 10.3 Å². The molecule has 0 spiro atoms. The molecule has 0 unspecified atom stereocenters. The molecule has 2 rings (SSSR count). The van der Waals surface area contributed by atoms with Crippen LogP contribution in [0, 0.1) is 24.2 Å². The van der Waals surface area contributed by atoms with Gasteiger partial charge in [-0.05, 0) is 46.7 Å². The van der Waals surface area contributed by atoms with Gasteiger partial charge in [-0.1, -0.05) is 33.3 Å². The minimum atomic E-state index is -1.40. The number of aliphatic hydroxyl groups is 2. The first-order valence-electron chi connectivity index (χ1n) is 13.1. The second-order valence-corrected chi connectivity index (χ2v) is 12.5. The number of ketones is 2. The summed E-state index contributed by atoms with van der Waals surface area (Å²) in [5.74, 6) is -3.60. The van der Waals surface area contributed by atoms with E-state index in [1.54, 1.807) is 18.3 Å². The summed E-state index contributed by atoms with van der Waals surface area (Å²) in [4.78, 5) is 41.4. The fourth-order valence-corrected chi connectivity index (χ4v) is 5.45.